The van der Waals surface area contributed by atoms with Crippen molar-refractivity contribution in [2.75, 3.05) is 6.61 Å². The van der Waals surface area contributed by atoms with Gasteiger partial charge < -0.3 is 4.74 Å². The molecule has 0 aliphatic heterocycles. The first-order chi connectivity index (χ1) is 5.22. The van der Waals surface area contributed by atoms with Crippen LogP contribution in [0.1, 0.15) is 48.0 Å². The smallest absolute Gasteiger partial charge is 0.0595 e. The van der Waals surface area contributed by atoms with Gasteiger partial charge in [0.25, 0.3) is 0 Å². The molecular weight excluding hydrogens is 136 g/mol. The van der Waals surface area contributed by atoms with Gasteiger partial charge in [-0.2, -0.15) is 0 Å². The second-order valence-electron chi connectivity index (χ2n) is 2.65. The van der Waals surface area contributed by atoms with E-state index in [-0.39, 0.29) is 0 Å². The average molecular weight is 160 g/mol. The molecule has 0 fully saturated rings. The van der Waals surface area contributed by atoms with Crippen LogP contribution in [0.25, 0.3) is 0 Å². The summed E-state index contributed by atoms with van der Waals surface area (Å²) in [6.07, 6.45) is 1.60. The van der Waals surface area contributed by atoms with E-state index in [9.17, 15) is 0 Å². The van der Waals surface area contributed by atoms with Gasteiger partial charge >= 0.3 is 0 Å². The van der Waals surface area contributed by atoms with E-state index in [4.69, 9.17) is 4.74 Å². The molecule has 70 valence electrons. The zero-order chi connectivity index (χ0) is 9.28. The molecule has 0 spiro atoms. The zero-order valence-corrected chi connectivity index (χ0v) is 8.98. The second-order valence-corrected chi connectivity index (χ2v) is 2.65. The monoisotopic (exact) mass is 160 g/mol. The molecule has 0 heterocycles. The third-order valence-corrected chi connectivity index (χ3v) is 1.53. The number of hydrogen-bond donors (Lipinski definition) is 0. The lowest BCUT2D eigenvalue weighted by molar-refractivity contribution is 0.0282. The lowest BCUT2D eigenvalue weighted by Crippen LogP contribution is -2.18. The molecule has 0 aromatic rings. The van der Waals surface area contributed by atoms with Crippen LogP contribution in [0.3, 0.4) is 0 Å². The Kier molecular flexibility index (Phi) is 12.3. The van der Waals surface area contributed by atoms with Gasteiger partial charge in [-0.25, -0.2) is 0 Å². The maximum Gasteiger partial charge on any atom is 0.0595 e. The van der Waals surface area contributed by atoms with Crippen molar-refractivity contribution in [1.29, 1.82) is 0 Å². The maximum atomic E-state index is 5.45. The molecule has 11 heavy (non-hydrogen) atoms. The Morgan fingerprint density at radius 1 is 1.09 bits per heavy atom. The van der Waals surface area contributed by atoms with Gasteiger partial charge in [-0.15, -0.1) is 0 Å². The molecule has 1 atom stereocenters. The largest absolute Gasteiger partial charge is 0.378 e. The highest BCUT2D eigenvalue weighted by Crippen LogP contribution is 2.09. The molecule has 0 rings (SSSR count). The van der Waals surface area contributed by atoms with E-state index in [1.54, 1.807) is 0 Å². The van der Waals surface area contributed by atoms with E-state index in [1.165, 1.54) is 0 Å². The van der Waals surface area contributed by atoms with Crippen molar-refractivity contribution < 1.29 is 4.74 Å². The quantitative estimate of drug-likeness (QED) is 0.611. The molecule has 1 unspecified atom stereocenters. The summed E-state index contributed by atoms with van der Waals surface area (Å²) in [7, 11) is 0. The molecule has 0 N–H and O–H groups in total. The predicted octanol–water partition coefficient (Wildman–Crippen LogP) is 3.48. The first kappa shape index (κ1) is 13.5. The molecule has 0 aromatic heterocycles. The van der Waals surface area contributed by atoms with Gasteiger partial charge in [-0.3, -0.25) is 0 Å². The van der Waals surface area contributed by atoms with Gasteiger partial charge in [0.1, 0.15) is 0 Å². The number of hydrogen-bond acceptors (Lipinski definition) is 1. The van der Waals surface area contributed by atoms with Crippen LogP contribution in [-0.2, 0) is 4.74 Å². The molecule has 1 heteroatoms. The molecule has 0 aliphatic rings. The minimum absolute atomic E-state index is 0.468. The highest BCUT2D eigenvalue weighted by molar-refractivity contribution is 4.58. The molecule has 0 radical (unpaired) electrons. The molecule has 0 saturated carbocycles. The first-order valence-electron chi connectivity index (χ1n) is 4.83. The lowest BCUT2D eigenvalue weighted by atomic mass is 10.1. The highest BCUT2D eigenvalue weighted by atomic mass is 16.5. The van der Waals surface area contributed by atoms with Gasteiger partial charge in [-0.1, -0.05) is 34.6 Å². The van der Waals surface area contributed by atoms with Crippen molar-refractivity contribution in [1.82, 2.24) is 0 Å². The van der Waals surface area contributed by atoms with Gasteiger partial charge in [0.2, 0.25) is 0 Å². The van der Waals surface area contributed by atoms with Gasteiger partial charge in [-0.05, 0) is 19.3 Å². The van der Waals surface area contributed by atoms with E-state index >= 15 is 0 Å². The van der Waals surface area contributed by atoms with E-state index in [1.807, 2.05) is 20.8 Å². The van der Waals surface area contributed by atoms with Crippen LogP contribution in [0.5, 0.6) is 0 Å². The normalized spacial score (nSPS) is 12.3. The van der Waals surface area contributed by atoms with Crippen LogP contribution in [0.2, 0.25) is 0 Å². The Hall–Kier alpha value is -0.0400. The summed E-state index contributed by atoms with van der Waals surface area (Å²) in [6.45, 7) is 13.5. The molecular formula is C10H24O. The van der Waals surface area contributed by atoms with Crippen LogP contribution in [0, 0.1) is 5.92 Å². The summed E-state index contributed by atoms with van der Waals surface area (Å²) in [5.74, 6) is 0.662. The van der Waals surface area contributed by atoms with Crippen molar-refractivity contribution >= 4 is 0 Å². The van der Waals surface area contributed by atoms with Crippen molar-refractivity contribution in [2.24, 2.45) is 5.92 Å². The van der Waals surface area contributed by atoms with Crippen molar-refractivity contribution in [3.63, 3.8) is 0 Å². The predicted molar refractivity (Wildman–Crippen MR) is 51.9 cm³/mol. The molecule has 0 aliphatic carbocycles. The highest BCUT2D eigenvalue weighted by Gasteiger charge is 2.08. The third-order valence-electron chi connectivity index (χ3n) is 1.53. The SMILES string of the molecule is CC.CCOC(CC)C(C)C. The Morgan fingerprint density at radius 3 is 1.64 bits per heavy atom. The van der Waals surface area contributed by atoms with Crippen LogP contribution >= 0.6 is 0 Å². The molecule has 1 nitrogen and oxygen atoms in total. The average Bonchev–Trinajstić information content (AvgIpc) is 2.03. The fourth-order valence-corrected chi connectivity index (χ4v) is 0.996. The Balaban J connectivity index is 0. The van der Waals surface area contributed by atoms with Crippen LogP contribution in [-0.4, -0.2) is 12.7 Å². The molecule has 0 aromatic carbocycles. The minimum Gasteiger partial charge on any atom is -0.378 e. The van der Waals surface area contributed by atoms with Crippen molar-refractivity contribution in [3.05, 3.63) is 0 Å². The van der Waals surface area contributed by atoms with Crippen LogP contribution < -0.4 is 0 Å². The van der Waals surface area contributed by atoms with Crippen LogP contribution in [0.15, 0.2) is 0 Å². The van der Waals surface area contributed by atoms with Gasteiger partial charge in [0.05, 0.1) is 6.10 Å². The lowest BCUT2D eigenvalue weighted by Gasteiger charge is -2.18. The van der Waals surface area contributed by atoms with E-state index in [2.05, 4.69) is 20.8 Å². The second kappa shape index (κ2) is 9.96. The van der Waals surface area contributed by atoms with Crippen LogP contribution in [0.4, 0.5) is 0 Å². The zero-order valence-electron chi connectivity index (χ0n) is 8.98. The number of ether oxygens (including phenoxy) is 1. The maximum absolute atomic E-state index is 5.45. The Bertz CT molecular complexity index is 59.9. The Morgan fingerprint density at radius 2 is 1.55 bits per heavy atom. The molecule has 0 bridgehead atoms. The fraction of sp³-hybridized carbons (Fsp3) is 1.00. The minimum atomic E-state index is 0.468. The molecule has 0 amide bonds. The van der Waals surface area contributed by atoms with Gasteiger partial charge in [0.15, 0.2) is 0 Å². The summed E-state index contributed by atoms with van der Waals surface area (Å²) in [6, 6.07) is 0. The first-order valence-corrected chi connectivity index (χ1v) is 4.83. The molecule has 0 saturated heterocycles. The standard InChI is InChI=1S/C8H18O.C2H6/c1-5-8(7(3)4)9-6-2;1-2/h7-8H,5-6H2,1-4H3;1-2H3. The summed E-state index contributed by atoms with van der Waals surface area (Å²) in [4.78, 5) is 0. The Labute approximate surface area is 72.1 Å². The third kappa shape index (κ3) is 7.86. The van der Waals surface area contributed by atoms with Crippen molar-refractivity contribution in [2.45, 2.75) is 54.1 Å². The van der Waals surface area contributed by atoms with Crippen molar-refractivity contribution in [3.8, 4) is 0 Å². The summed E-state index contributed by atoms with van der Waals surface area (Å²) in [5.41, 5.74) is 0. The van der Waals surface area contributed by atoms with Gasteiger partial charge in [0, 0.05) is 6.61 Å². The van der Waals surface area contributed by atoms with E-state index < -0.39 is 0 Å². The summed E-state index contributed by atoms with van der Waals surface area (Å²) in [5, 5.41) is 0. The topological polar surface area (TPSA) is 9.23 Å². The fourth-order valence-electron chi connectivity index (χ4n) is 0.996. The summed E-state index contributed by atoms with van der Waals surface area (Å²) < 4.78 is 5.45. The summed E-state index contributed by atoms with van der Waals surface area (Å²) >= 11 is 0. The number of rotatable bonds is 4. The van der Waals surface area contributed by atoms with E-state index in [0.29, 0.717) is 12.0 Å². The van der Waals surface area contributed by atoms with E-state index in [0.717, 1.165) is 13.0 Å².